The summed E-state index contributed by atoms with van der Waals surface area (Å²) in [5.41, 5.74) is 0.959. The standard InChI is InChI=1S/C21H23Cl2NO4/c1-15-12-18(6-7-20(15)23)28-14-19-13-24(9-11-27-19)21(25)8-10-26-17-4-2-16(22)3-5-17/h2-7,12,19H,8-11,13-14H2,1H3/t19-/m1/s1. The van der Waals surface area contributed by atoms with Crippen LogP contribution in [0, 0.1) is 6.92 Å². The molecule has 0 aliphatic carbocycles. The summed E-state index contributed by atoms with van der Waals surface area (Å²) >= 11 is 11.9. The molecule has 0 bridgehead atoms. The van der Waals surface area contributed by atoms with Gasteiger partial charge < -0.3 is 19.1 Å². The Kier molecular flexibility index (Phi) is 7.43. The number of hydrogen-bond donors (Lipinski definition) is 0. The highest BCUT2D eigenvalue weighted by atomic mass is 35.5. The van der Waals surface area contributed by atoms with Gasteiger partial charge in [-0.2, -0.15) is 0 Å². The average molecular weight is 424 g/mol. The fourth-order valence-corrected chi connectivity index (χ4v) is 3.13. The van der Waals surface area contributed by atoms with Gasteiger partial charge in [0.1, 0.15) is 24.2 Å². The van der Waals surface area contributed by atoms with Crippen LogP contribution in [0.1, 0.15) is 12.0 Å². The predicted octanol–water partition coefficient (Wildman–Crippen LogP) is 4.38. The lowest BCUT2D eigenvalue weighted by atomic mass is 10.2. The van der Waals surface area contributed by atoms with E-state index in [4.69, 9.17) is 37.4 Å². The Morgan fingerprint density at radius 1 is 1.14 bits per heavy atom. The van der Waals surface area contributed by atoms with E-state index in [1.165, 1.54) is 0 Å². The number of carbonyl (C=O) groups is 1. The second kappa shape index (κ2) is 10.0. The Morgan fingerprint density at radius 3 is 2.64 bits per heavy atom. The summed E-state index contributed by atoms with van der Waals surface area (Å²) in [6, 6.07) is 12.6. The van der Waals surface area contributed by atoms with E-state index in [1.807, 2.05) is 25.1 Å². The van der Waals surface area contributed by atoms with E-state index >= 15 is 0 Å². The van der Waals surface area contributed by atoms with Crippen LogP contribution in [0.3, 0.4) is 0 Å². The lowest BCUT2D eigenvalue weighted by Crippen LogP contribution is -2.47. The highest BCUT2D eigenvalue weighted by Gasteiger charge is 2.24. The quantitative estimate of drug-likeness (QED) is 0.662. The average Bonchev–Trinajstić information content (AvgIpc) is 2.70. The van der Waals surface area contributed by atoms with Crippen LogP contribution in [0.25, 0.3) is 0 Å². The minimum atomic E-state index is -0.161. The van der Waals surface area contributed by atoms with Gasteiger partial charge in [-0.05, 0) is 55.0 Å². The first-order valence-electron chi connectivity index (χ1n) is 9.18. The second-order valence-electron chi connectivity index (χ2n) is 6.61. The van der Waals surface area contributed by atoms with Crippen molar-refractivity contribution in [2.24, 2.45) is 0 Å². The third-order valence-electron chi connectivity index (χ3n) is 4.46. The van der Waals surface area contributed by atoms with Crippen molar-refractivity contribution < 1.29 is 19.0 Å². The maximum atomic E-state index is 12.5. The van der Waals surface area contributed by atoms with Gasteiger partial charge in [-0.1, -0.05) is 23.2 Å². The van der Waals surface area contributed by atoms with Gasteiger partial charge in [0.2, 0.25) is 5.91 Å². The molecule has 7 heteroatoms. The Hall–Kier alpha value is -1.95. The Balaban J connectivity index is 1.42. The third-order valence-corrected chi connectivity index (χ3v) is 5.13. The molecule has 2 aromatic carbocycles. The zero-order valence-corrected chi connectivity index (χ0v) is 17.2. The Bertz CT molecular complexity index is 797. The van der Waals surface area contributed by atoms with E-state index < -0.39 is 0 Å². The molecule has 2 aromatic rings. The van der Waals surface area contributed by atoms with Crippen molar-refractivity contribution in [1.82, 2.24) is 4.90 Å². The maximum absolute atomic E-state index is 12.5. The Labute approximate surface area is 175 Å². The fourth-order valence-electron chi connectivity index (χ4n) is 2.89. The summed E-state index contributed by atoms with van der Waals surface area (Å²) in [6.45, 7) is 4.22. The number of nitrogens with zero attached hydrogens (tertiary/aromatic N) is 1. The van der Waals surface area contributed by atoms with Crippen molar-refractivity contribution >= 4 is 29.1 Å². The van der Waals surface area contributed by atoms with Crippen LogP contribution in [0.2, 0.25) is 10.0 Å². The number of carbonyl (C=O) groups excluding carboxylic acids is 1. The summed E-state index contributed by atoms with van der Waals surface area (Å²) in [5, 5.41) is 1.36. The van der Waals surface area contributed by atoms with E-state index in [1.54, 1.807) is 29.2 Å². The maximum Gasteiger partial charge on any atom is 0.226 e. The van der Waals surface area contributed by atoms with Crippen LogP contribution in [0.5, 0.6) is 11.5 Å². The summed E-state index contributed by atoms with van der Waals surface area (Å²) in [4.78, 5) is 14.3. The fraction of sp³-hybridized carbons (Fsp3) is 0.381. The van der Waals surface area contributed by atoms with E-state index in [-0.39, 0.29) is 12.0 Å². The van der Waals surface area contributed by atoms with E-state index in [9.17, 15) is 4.79 Å². The number of morpholine rings is 1. The summed E-state index contributed by atoms with van der Waals surface area (Å²) in [7, 11) is 0. The highest BCUT2D eigenvalue weighted by molar-refractivity contribution is 6.31. The molecule has 1 aliphatic heterocycles. The molecular weight excluding hydrogens is 401 g/mol. The van der Waals surface area contributed by atoms with Gasteiger partial charge in [0.05, 0.1) is 26.2 Å². The minimum absolute atomic E-state index is 0.0459. The Morgan fingerprint density at radius 2 is 1.89 bits per heavy atom. The molecule has 0 spiro atoms. The summed E-state index contributed by atoms with van der Waals surface area (Å²) < 4.78 is 17.1. The second-order valence-corrected chi connectivity index (χ2v) is 7.45. The number of benzene rings is 2. The molecule has 1 amide bonds. The molecule has 1 atom stereocenters. The number of rotatable bonds is 7. The molecule has 1 heterocycles. The van der Waals surface area contributed by atoms with E-state index in [0.717, 1.165) is 11.3 Å². The number of amides is 1. The van der Waals surface area contributed by atoms with Crippen molar-refractivity contribution in [3.05, 3.63) is 58.1 Å². The highest BCUT2D eigenvalue weighted by Crippen LogP contribution is 2.21. The van der Waals surface area contributed by atoms with Gasteiger partial charge in [0.25, 0.3) is 0 Å². The van der Waals surface area contributed by atoms with Gasteiger partial charge in [-0.25, -0.2) is 0 Å². The molecule has 0 radical (unpaired) electrons. The first-order valence-corrected chi connectivity index (χ1v) is 9.93. The molecule has 3 rings (SSSR count). The number of ether oxygens (including phenoxy) is 3. The lowest BCUT2D eigenvalue weighted by molar-refractivity contribution is -0.140. The van der Waals surface area contributed by atoms with Crippen LogP contribution in [-0.2, 0) is 9.53 Å². The largest absolute Gasteiger partial charge is 0.493 e. The third kappa shape index (κ3) is 6.03. The van der Waals surface area contributed by atoms with Gasteiger partial charge in [-0.3, -0.25) is 4.79 Å². The minimum Gasteiger partial charge on any atom is -0.493 e. The van der Waals surface area contributed by atoms with Crippen LogP contribution >= 0.6 is 23.2 Å². The molecule has 1 aliphatic rings. The zero-order chi connectivity index (χ0) is 19.9. The first kappa shape index (κ1) is 20.8. The molecule has 0 unspecified atom stereocenters. The van der Waals surface area contributed by atoms with Crippen LogP contribution in [-0.4, -0.2) is 49.8 Å². The summed E-state index contributed by atoms with van der Waals surface area (Å²) in [5.74, 6) is 1.48. The van der Waals surface area contributed by atoms with Crippen molar-refractivity contribution in [1.29, 1.82) is 0 Å². The number of hydrogen-bond acceptors (Lipinski definition) is 4. The molecular formula is C21H23Cl2NO4. The molecule has 150 valence electrons. The molecule has 1 fully saturated rings. The van der Waals surface area contributed by atoms with Crippen molar-refractivity contribution in [2.45, 2.75) is 19.4 Å². The zero-order valence-electron chi connectivity index (χ0n) is 15.7. The number of aryl methyl sites for hydroxylation is 1. The van der Waals surface area contributed by atoms with E-state index in [0.29, 0.717) is 55.1 Å². The monoisotopic (exact) mass is 423 g/mol. The molecule has 0 N–H and O–H groups in total. The summed E-state index contributed by atoms with van der Waals surface area (Å²) in [6.07, 6.45) is 0.151. The first-order chi connectivity index (χ1) is 13.5. The van der Waals surface area contributed by atoms with Gasteiger partial charge in [-0.15, -0.1) is 0 Å². The van der Waals surface area contributed by atoms with Crippen molar-refractivity contribution in [3.8, 4) is 11.5 Å². The normalized spacial score (nSPS) is 16.7. The SMILES string of the molecule is Cc1cc(OC[C@H]2CN(C(=O)CCOc3ccc(Cl)cc3)CCO2)ccc1Cl. The number of halogens is 2. The van der Waals surface area contributed by atoms with Gasteiger partial charge >= 0.3 is 0 Å². The molecule has 28 heavy (non-hydrogen) atoms. The molecule has 0 aromatic heterocycles. The smallest absolute Gasteiger partial charge is 0.226 e. The topological polar surface area (TPSA) is 48.0 Å². The predicted molar refractivity (Wildman–Crippen MR) is 110 cm³/mol. The molecule has 5 nitrogen and oxygen atoms in total. The van der Waals surface area contributed by atoms with Crippen LogP contribution < -0.4 is 9.47 Å². The van der Waals surface area contributed by atoms with Gasteiger partial charge in [0.15, 0.2) is 0 Å². The van der Waals surface area contributed by atoms with Crippen molar-refractivity contribution in [3.63, 3.8) is 0 Å². The molecule has 0 saturated carbocycles. The lowest BCUT2D eigenvalue weighted by Gasteiger charge is -2.33. The van der Waals surface area contributed by atoms with Crippen molar-refractivity contribution in [2.75, 3.05) is 32.9 Å². The van der Waals surface area contributed by atoms with Gasteiger partial charge in [0, 0.05) is 16.6 Å². The van der Waals surface area contributed by atoms with Crippen LogP contribution in [0.4, 0.5) is 0 Å². The van der Waals surface area contributed by atoms with Crippen LogP contribution in [0.15, 0.2) is 42.5 Å². The van der Waals surface area contributed by atoms with E-state index in [2.05, 4.69) is 0 Å². The molecule has 1 saturated heterocycles.